The van der Waals surface area contributed by atoms with Gasteiger partial charge < -0.3 is 4.57 Å². The second-order valence-corrected chi connectivity index (χ2v) is 17.2. The third kappa shape index (κ3) is 4.92. The highest BCUT2D eigenvalue weighted by atomic mass is 15.0. The Morgan fingerprint density at radius 3 is 1.78 bits per heavy atom. The summed E-state index contributed by atoms with van der Waals surface area (Å²) in [6.07, 6.45) is 2.36. The van der Waals surface area contributed by atoms with Gasteiger partial charge in [0, 0.05) is 38.6 Å². The van der Waals surface area contributed by atoms with Crippen molar-refractivity contribution in [3.8, 4) is 51.0 Å². The van der Waals surface area contributed by atoms with Gasteiger partial charge in [-0.3, -0.25) is 0 Å². The van der Waals surface area contributed by atoms with Gasteiger partial charge in [-0.15, -0.1) is 0 Å². The average molecular weight is 701 g/mol. The second kappa shape index (κ2) is 11.6. The fourth-order valence-corrected chi connectivity index (χ4v) is 9.30. The number of nitrogens with zero attached hydrogens (tertiary/aromatic N) is 4. The van der Waals surface area contributed by atoms with E-state index in [9.17, 15) is 0 Å². The molecule has 54 heavy (non-hydrogen) atoms. The van der Waals surface area contributed by atoms with Crippen molar-refractivity contribution in [1.82, 2.24) is 19.5 Å². The number of para-hydroxylation sites is 1. The monoisotopic (exact) mass is 700 g/mol. The third-order valence-corrected chi connectivity index (χ3v) is 12.5. The molecule has 0 aliphatic heterocycles. The maximum Gasteiger partial charge on any atom is 0.164 e. The summed E-state index contributed by atoms with van der Waals surface area (Å²) in [6.45, 7) is 14.3. The fraction of sp³-hybridized carbons (Fsp3) is 0.220. The Morgan fingerprint density at radius 1 is 0.426 bits per heavy atom. The molecular weight excluding hydrogens is 657 g/mol. The second-order valence-electron chi connectivity index (χ2n) is 17.2. The van der Waals surface area contributed by atoms with Crippen molar-refractivity contribution >= 4 is 21.8 Å². The summed E-state index contributed by atoms with van der Waals surface area (Å²) in [5.74, 6) is 1.99. The van der Waals surface area contributed by atoms with Crippen molar-refractivity contribution in [3.63, 3.8) is 0 Å². The molecule has 2 aliphatic carbocycles. The van der Waals surface area contributed by atoms with Crippen LogP contribution >= 0.6 is 0 Å². The number of hydrogen-bond donors (Lipinski definition) is 0. The molecule has 0 atom stereocenters. The minimum Gasteiger partial charge on any atom is -0.309 e. The third-order valence-electron chi connectivity index (χ3n) is 12.5. The molecule has 0 saturated heterocycles. The molecule has 0 spiro atoms. The molecule has 264 valence electrons. The van der Waals surface area contributed by atoms with E-state index in [0.29, 0.717) is 17.5 Å². The van der Waals surface area contributed by atoms with Crippen LogP contribution in [-0.4, -0.2) is 19.5 Å². The summed E-state index contributed by atoms with van der Waals surface area (Å²) in [5.41, 5.74) is 14.7. The summed E-state index contributed by atoms with van der Waals surface area (Å²) in [5, 5.41) is 2.57. The molecule has 0 bridgehead atoms. The lowest BCUT2D eigenvalue weighted by Gasteiger charge is -2.42. The van der Waals surface area contributed by atoms with Crippen LogP contribution in [0.4, 0.5) is 0 Å². The standard InChI is InChI=1S/C50H44N4/c1-48(2)25-26-49(3,4)42-30-44-38(29-41(42)48)36-20-11-13-22-43(36)54(44)34-18-14-17-32(27-34)46-51-45(31-15-8-7-9-16-31)52-47(53-46)33-23-24-40-37(28-33)35-19-10-12-21-39(35)50(40,5)6/h7-24,27-30H,25-26H2,1-6H3. The summed E-state index contributed by atoms with van der Waals surface area (Å²) in [4.78, 5) is 15.5. The fourth-order valence-electron chi connectivity index (χ4n) is 9.30. The number of benzene rings is 6. The smallest absolute Gasteiger partial charge is 0.164 e. The van der Waals surface area contributed by atoms with Crippen LogP contribution in [0.5, 0.6) is 0 Å². The zero-order valence-electron chi connectivity index (χ0n) is 31.9. The molecule has 8 aromatic rings. The predicted octanol–water partition coefficient (Wildman–Crippen LogP) is 12.6. The normalized spacial score (nSPS) is 16.3. The molecule has 0 N–H and O–H groups in total. The van der Waals surface area contributed by atoms with Crippen LogP contribution in [0.2, 0.25) is 0 Å². The lowest BCUT2D eigenvalue weighted by molar-refractivity contribution is 0.332. The van der Waals surface area contributed by atoms with E-state index in [4.69, 9.17) is 15.0 Å². The molecule has 2 aromatic heterocycles. The van der Waals surface area contributed by atoms with Gasteiger partial charge in [-0.25, -0.2) is 15.0 Å². The van der Waals surface area contributed by atoms with E-state index in [-0.39, 0.29) is 16.2 Å². The number of hydrogen-bond acceptors (Lipinski definition) is 3. The van der Waals surface area contributed by atoms with Crippen molar-refractivity contribution in [2.24, 2.45) is 0 Å². The number of aromatic nitrogens is 4. The molecular formula is C50H44N4. The van der Waals surface area contributed by atoms with E-state index in [0.717, 1.165) is 22.4 Å². The Kier molecular flexibility index (Phi) is 7.01. The molecule has 0 radical (unpaired) electrons. The molecule has 10 rings (SSSR count). The van der Waals surface area contributed by atoms with E-state index < -0.39 is 0 Å². The highest BCUT2D eigenvalue weighted by Gasteiger charge is 2.38. The number of rotatable bonds is 4. The minimum atomic E-state index is -0.0670. The Morgan fingerprint density at radius 2 is 1.02 bits per heavy atom. The Bertz CT molecular complexity index is 2800. The summed E-state index contributed by atoms with van der Waals surface area (Å²) in [7, 11) is 0. The highest BCUT2D eigenvalue weighted by Crippen LogP contribution is 2.50. The van der Waals surface area contributed by atoms with Crippen molar-refractivity contribution in [2.45, 2.75) is 70.6 Å². The number of fused-ring (bicyclic) bond motifs is 7. The Hall–Kier alpha value is -5.87. The lowest BCUT2D eigenvalue weighted by atomic mass is 9.63. The quantitative estimate of drug-likeness (QED) is 0.184. The first-order valence-electron chi connectivity index (χ1n) is 19.2. The van der Waals surface area contributed by atoms with Crippen LogP contribution in [0.25, 0.3) is 72.8 Å². The van der Waals surface area contributed by atoms with Gasteiger partial charge in [0.05, 0.1) is 11.0 Å². The van der Waals surface area contributed by atoms with Gasteiger partial charge in [0.1, 0.15) is 0 Å². The zero-order valence-corrected chi connectivity index (χ0v) is 31.9. The molecule has 2 aliphatic rings. The predicted molar refractivity (Wildman–Crippen MR) is 223 cm³/mol. The maximum absolute atomic E-state index is 5.23. The van der Waals surface area contributed by atoms with Crippen molar-refractivity contribution in [2.75, 3.05) is 0 Å². The molecule has 2 heterocycles. The van der Waals surface area contributed by atoms with Gasteiger partial charge >= 0.3 is 0 Å². The first-order valence-corrected chi connectivity index (χ1v) is 19.2. The van der Waals surface area contributed by atoms with Crippen LogP contribution in [-0.2, 0) is 16.2 Å². The molecule has 0 amide bonds. The van der Waals surface area contributed by atoms with Gasteiger partial charge in [0.15, 0.2) is 17.5 Å². The van der Waals surface area contributed by atoms with Crippen LogP contribution in [0, 0.1) is 0 Å². The topological polar surface area (TPSA) is 43.6 Å². The van der Waals surface area contributed by atoms with E-state index in [1.54, 1.807) is 0 Å². The van der Waals surface area contributed by atoms with Gasteiger partial charge in [-0.1, -0.05) is 139 Å². The van der Waals surface area contributed by atoms with Gasteiger partial charge in [0.2, 0.25) is 0 Å². The van der Waals surface area contributed by atoms with E-state index in [1.807, 2.05) is 18.2 Å². The minimum absolute atomic E-state index is 0.0670. The SMILES string of the molecule is CC1(C)CCC(C)(C)c2cc3c(cc21)c1ccccc1n3-c1cccc(-c2nc(-c3ccccc3)nc(-c3ccc4c(c3)-c3ccccc3C4(C)C)n2)c1. The molecule has 0 unspecified atom stereocenters. The highest BCUT2D eigenvalue weighted by molar-refractivity contribution is 6.10. The molecule has 0 fully saturated rings. The largest absolute Gasteiger partial charge is 0.309 e. The van der Waals surface area contributed by atoms with Crippen molar-refractivity contribution in [1.29, 1.82) is 0 Å². The van der Waals surface area contributed by atoms with E-state index in [1.165, 1.54) is 68.0 Å². The van der Waals surface area contributed by atoms with E-state index in [2.05, 4.69) is 161 Å². The van der Waals surface area contributed by atoms with Crippen LogP contribution in [0.3, 0.4) is 0 Å². The van der Waals surface area contributed by atoms with Gasteiger partial charge in [0.25, 0.3) is 0 Å². The van der Waals surface area contributed by atoms with E-state index >= 15 is 0 Å². The zero-order chi connectivity index (χ0) is 37.0. The van der Waals surface area contributed by atoms with Crippen LogP contribution in [0.15, 0.2) is 133 Å². The first-order chi connectivity index (χ1) is 26.0. The van der Waals surface area contributed by atoms with Gasteiger partial charge in [-0.05, 0) is 93.5 Å². The van der Waals surface area contributed by atoms with Crippen molar-refractivity contribution in [3.05, 3.63) is 156 Å². The van der Waals surface area contributed by atoms with Gasteiger partial charge in [-0.2, -0.15) is 0 Å². The summed E-state index contributed by atoms with van der Waals surface area (Å²) >= 11 is 0. The molecule has 6 aromatic carbocycles. The van der Waals surface area contributed by atoms with Crippen LogP contribution in [0.1, 0.15) is 76.6 Å². The Balaban J connectivity index is 1.16. The van der Waals surface area contributed by atoms with Crippen molar-refractivity contribution < 1.29 is 0 Å². The lowest BCUT2D eigenvalue weighted by Crippen LogP contribution is -2.33. The Labute approximate surface area is 317 Å². The molecule has 4 nitrogen and oxygen atoms in total. The molecule has 0 saturated carbocycles. The summed E-state index contributed by atoms with van der Waals surface area (Å²) < 4.78 is 2.44. The maximum atomic E-state index is 5.23. The summed E-state index contributed by atoms with van der Waals surface area (Å²) in [6, 6.07) is 48.3. The first kappa shape index (κ1) is 32.8. The molecule has 4 heteroatoms. The van der Waals surface area contributed by atoms with Crippen LogP contribution < -0.4 is 0 Å². The average Bonchev–Trinajstić information content (AvgIpc) is 3.64.